The summed E-state index contributed by atoms with van der Waals surface area (Å²) in [5.41, 5.74) is 3.89. The topological polar surface area (TPSA) is 67.0 Å². The normalized spacial score (nSPS) is 10.7. The molecule has 5 nitrogen and oxygen atoms in total. The molecule has 0 saturated carbocycles. The van der Waals surface area contributed by atoms with E-state index in [4.69, 9.17) is 4.74 Å². The van der Waals surface area contributed by atoms with Crippen LogP contribution in [0.3, 0.4) is 0 Å². The van der Waals surface area contributed by atoms with Gasteiger partial charge in [0.25, 0.3) is 0 Å². The number of rotatable bonds is 5. The standard InChI is InChI=1S/C18H19N3O2/c1-12-20-16-8-5-14(9-17(16)21-12)10-18(22)19-11-13-3-6-15(23-2)7-4-13/h3-9H,10-11H2,1-2H3,(H,19,22)(H,20,21). The molecule has 0 aliphatic carbocycles. The number of amides is 1. The van der Waals surface area contributed by atoms with Gasteiger partial charge in [0.1, 0.15) is 11.6 Å². The van der Waals surface area contributed by atoms with Crippen molar-refractivity contribution in [3.05, 3.63) is 59.4 Å². The average Bonchev–Trinajstić information content (AvgIpc) is 2.92. The summed E-state index contributed by atoms with van der Waals surface area (Å²) in [7, 11) is 1.63. The summed E-state index contributed by atoms with van der Waals surface area (Å²) >= 11 is 0. The second kappa shape index (κ2) is 6.52. The monoisotopic (exact) mass is 309 g/mol. The molecule has 0 aliphatic heterocycles. The fourth-order valence-electron chi connectivity index (χ4n) is 2.49. The molecule has 3 rings (SSSR count). The quantitative estimate of drug-likeness (QED) is 0.761. The maximum Gasteiger partial charge on any atom is 0.224 e. The van der Waals surface area contributed by atoms with Gasteiger partial charge in [0.2, 0.25) is 5.91 Å². The van der Waals surface area contributed by atoms with E-state index in [-0.39, 0.29) is 5.91 Å². The smallest absolute Gasteiger partial charge is 0.224 e. The van der Waals surface area contributed by atoms with Gasteiger partial charge in [0.05, 0.1) is 24.6 Å². The Morgan fingerprint density at radius 2 is 1.91 bits per heavy atom. The van der Waals surface area contributed by atoms with Gasteiger partial charge in [-0.05, 0) is 42.3 Å². The number of carbonyl (C=O) groups is 1. The van der Waals surface area contributed by atoms with Crippen molar-refractivity contribution in [1.82, 2.24) is 15.3 Å². The number of aromatic amines is 1. The summed E-state index contributed by atoms with van der Waals surface area (Å²) in [5, 5.41) is 2.93. The molecule has 0 unspecified atom stereocenters. The first kappa shape index (κ1) is 15.1. The van der Waals surface area contributed by atoms with E-state index in [2.05, 4.69) is 15.3 Å². The minimum Gasteiger partial charge on any atom is -0.497 e. The molecule has 1 amide bonds. The molecular weight excluding hydrogens is 290 g/mol. The van der Waals surface area contributed by atoms with Crippen molar-refractivity contribution in [2.75, 3.05) is 7.11 Å². The first-order valence-corrected chi connectivity index (χ1v) is 7.49. The lowest BCUT2D eigenvalue weighted by Gasteiger charge is -2.06. The molecule has 0 aliphatic rings. The summed E-state index contributed by atoms with van der Waals surface area (Å²) in [6.07, 6.45) is 0.351. The Morgan fingerprint density at radius 1 is 1.17 bits per heavy atom. The van der Waals surface area contributed by atoms with Crippen LogP contribution >= 0.6 is 0 Å². The van der Waals surface area contributed by atoms with Crippen molar-refractivity contribution in [3.8, 4) is 5.75 Å². The molecule has 0 fully saturated rings. The fourth-order valence-corrected chi connectivity index (χ4v) is 2.49. The van der Waals surface area contributed by atoms with Gasteiger partial charge in [0, 0.05) is 6.54 Å². The summed E-state index contributed by atoms with van der Waals surface area (Å²) in [5.74, 6) is 1.68. The van der Waals surface area contributed by atoms with Gasteiger partial charge in [-0.15, -0.1) is 0 Å². The first-order chi connectivity index (χ1) is 11.1. The second-order valence-electron chi connectivity index (χ2n) is 5.48. The van der Waals surface area contributed by atoms with E-state index in [0.717, 1.165) is 33.7 Å². The Hall–Kier alpha value is -2.82. The highest BCUT2D eigenvalue weighted by molar-refractivity contribution is 5.81. The Morgan fingerprint density at radius 3 is 2.65 bits per heavy atom. The number of hydrogen-bond acceptors (Lipinski definition) is 3. The molecule has 0 atom stereocenters. The highest BCUT2D eigenvalue weighted by Gasteiger charge is 2.06. The predicted octanol–water partition coefficient (Wildman–Crippen LogP) is 2.74. The number of imidazole rings is 1. The van der Waals surface area contributed by atoms with Crippen LogP contribution in [-0.2, 0) is 17.8 Å². The van der Waals surface area contributed by atoms with Crippen LogP contribution < -0.4 is 10.1 Å². The van der Waals surface area contributed by atoms with Crippen LogP contribution in [0.1, 0.15) is 17.0 Å². The number of methoxy groups -OCH3 is 1. The molecule has 23 heavy (non-hydrogen) atoms. The maximum absolute atomic E-state index is 12.1. The van der Waals surface area contributed by atoms with Crippen LogP contribution in [0.5, 0.6) is 5.75 Å². The van der Waals surface area contributed by atoms with Crippen molar-refractivity contribution in [3.63, 3.8) is 0 Å². The molecule has 0 saturated heterocycles. The molecule has 5 heteroatoms. The van der Waals surface area contributed by atoms with Gasteiger partial charge < -0.3 is 15.0 Å². The molecule has 118 valence electrons. The number of carbonyl (C=O) groups excluding carboxylic acids is 1. The molecule has 1 aromatic heterocycles. The number of aryl methyl sites for hydroxylation is 1. The molecule has 3 aromatic rings. The largest absolute Gasteiger partial charge is 0.497 e. The maximum atomic E-state index is 12.1. The van der Waals surface area contributed by atoms with Crippen LogP contribution in [0.4, 0.5) is 0 Å². The lowest BCUT2D eigenvalue weighted by atomic mass is 10.1. The van der Waals surface area contributed by atoms with Crippen LogP contribution in [-0.4, -0.2) is 23.0 Å². The van der Waals surface area contributed by atoms with E-state index in [1.807, 2.05) is 49.4 Å². The number of hydrogen-bond donors (Lipinski definition) is 2. The van der Waals surface area contributed by atoms with Gasteiger partial charge in [-0.2, -0.15) is 0 Å². The average molecular weight is 309 g/mol. The van der Waals surface area contributed by atoms with Gasteiger partial charge in [-0.1, -0.05) is 18.2 Å². The summed E-state index contributed by atoms with van der Waals surface area (Å²) in [6, 6.07) is 13.5. The van der Waals surface area contributed by atoms with Crippen molar-refractivity contribution in [1.29, 1.82) is 0 Å². The summed E-state index contributed by atoms with van der Waals surface area (Å²) < 4.78 is 5.12. The highest BCUT2D eigenvalue weighted by atomic mass is 16.5. The molecule has 0 bridgehead atoms. The van der Waals surface area contributed by atoms with Gasteiger partial charge in [0.15, 0.2) is 0 Å². The number of benzene rings is 2. The summed E-state index contributed by atoms with van der Waals surface area (Å²) in [4.78, 5) is 19.6. The number of aromatic nitrogens is 2. The number of ether oxygens (including phenoxy) is 1. The third-order valence-corrected chi connectivity index (χ3v) is 3.68. The third-order valence-electron chi connectivity index (χ3n) is 3.68. The first-order valence-electron chi connectivity index (χ1n) is 7.49. The number of fused-ring (bicyclic) bond motifs is 1. The SMILES string of the molecule is COc1ccc(CNC(=O)Cc2ccc3nc(C)[nH]c3c2)cc1. The van der Waals surface area contributed by atoms with Gasteiger partial charge >= 0.3 is 0 Å². The third kappa shape index (κ3) is 3.69. The molecule has 2 N–H and O–H groups in total. The minimum absolute atomic E-state index is 0.00333. The predicted molar refractivity (Wildman–Crippen MR) is 89.4 cm³/mol. The van der Waals surface area contributed by atoms with Crippen molar-refractivity contribution < 1.29 is 9.53 Å². The molecule has 0 radical (unpaired) electrons. The molecular formula is C18H19N3O2. The van der Waals surface area contributed by atoms with E-state index in [0.29, 0.717) is 13.0 Å². The molecule has 1 heterocycles. The molecule has 0 spiro atoms. The van der Waals surface area contributed by atoms with Crippen molar-refractivity contribution in [2.45, 2.75) is 19.9 Å². The highest BCUT2D eigenvalue weighted by Crippen LogP contribution is 2.14. The second-order valence-corrected chi connectivity index (χ2v) is 5.48. The van der Waals surface area contributed by atoms with Crippen LogP contribution in [0.2, 0.25) is 0 Å². The molecule has 2 aromatic carbocycles. The van der Waals surface area contributed by atoms with Crippen LogP contribution in [0.25, 0.3) is 11.0 Å². The van der Waals surface area contributed by atoms with E-state index in [1.165, 1.54) is 0 Å². The van der Waals surface area contributed by atoms with Crippen LogP contribution in [0.15, 0.2) is 42.5 Å². The number of nitrogens with one attached hydrogen (secondary N) is 2. The lowest BCUT2D eigenvalue weighted by Crippen LogP contribution is -2.24. The summed E-state index contributed by atoms with van der Waals surface area (Å²) in [6.45, 7) is 2.43. The number of nitrogens with zero attached hydrogens (tertiary/aromatic N) is 1. The Kier molecular flexibility index (Phi) is 4.28. The van der Waals surface area contributed by atoms with Gasteiger partial charge in [-0.25, -0.2) is 4.98 Å². The van der Waals surface area contributed by atoms with E-state index >= 15 is 0 Å². The fraction of sp³-hybridized carbons (Fsp3) is 0.222. The minimum atomic E-state index is -0.00333. The zero-order valence-electron chi connectivity index (χ0n) is 13.2. The zero-order chi connectivity index (χ0) is 16.2. The van der Waals surface area contributed by atoms with E-state index in [1.54, 1.807) is 7.11 Å². The zero-order valence-corrected chi connectivity index (χ0v) is 13.2. The lowest BCUT2D eigenvalue weighted by molar-refractivity contribution is -0.120. The number of H-pyrrole nitrogens is 1. The van der Waals surface area contributed by atoms with Crippen LogP contribution in [0, 0.1) is 6.92 Å². The van der Waals surface area contributed by atoms with Crippen molar-refractivity contribution >= 4 is 16.9 Å². The Balaban J connectivity index is 1.59. The van der Waals surface area contributed by atoms with Gasteiger partial charge in [-0.3, -0.25) is 4.79 Å². The van der Waals surface area contributed by atoms with E-state index in [9.17, 15) is 4.79 Å². The Labute approximate surface area is 134 Å². The Bertz CT molecular complexity index is 822. The van der Waals surface area contributed by atoms with E-state index < -0.39 is 0 Å². The van der Waals surface area contributed by atoms with Crippen molar-refractivity contribution in [2.24, 2.45) is 0 Å².